The van der Waals surface area contributed by atoms with Gasteiger partial charge in [-0.25, -0.2) is 9.78 Å². The number of imidazole rings is 1. The van der Waals surface area contributed by atoms with Crippen molar-refractivity contribution in [3.05, 3.63) is 92.4 Å². The summed E-state index contributed by atoms with van der Waals surface area (Å²) in [6, 6.07) is 18.1. The maximum absolute atomic E-state index is 13.8. The predicted molar refractivity (Wildman–Crippen MR) is 170 cm³/mol. The first kappa shape index (κ1) is 31.3. The minimum atomic E-state index is -0.277. The zero-order chi connectivity index (χ0) is 29.9. The van der Waals surface area contributed by atoms with E-state index in [2.05, 4.69) is 30.0 Å². The van der Waals surface area contributed by atoms with Gasteiger partial charge in [-0.2, -0.15) is 0 Å². The Morgan fingerprint density at radius 1 is 0.833 bits per heavy atom. The minimum Gasteiger partial charge on any atom is -0.399 e. The zero-order valence-electron chi connectivity index (χ0n) is 25.2. The van der Waals surface area contributed by atoms with E-state index in [9.17, 15) is 14.7 Å². The number of benzene rings is 2. The van der Waals surface area contributed by atoms with Crippen LogP contribution in [0.2, 0.25) is 0 Å². The third kappa shape index (κ3) is 7.77. The molecule has 0 spiro atoms. The van der Waals surface area contributed by atoms with Crippen molar-refractivity contribution in [1.29, 1.82) is 0 Å². The van der Waals surface area contributed by atoms with Crippen LogP contribution in [0.5, 0.6) is 0 Å². The van der Waals surface area contributed by atoms with Crippen molar-refractivity contribution < 1.29 is 5.11 Å². The molecule has 0 aliphatic carbocycles. The number of nitrogens with two attached hydrogens (primary N) is 1. The van der Waals surface area contributed by atoms with E-state index in [4.69, 9.17) is 10.7 Å². The van der Waals surface area contributed by atoms with Crippen molar-refractivity contribution >= 4 is 16.9 Å². The molecule has 0 bridgehead atoms. The third-order valence-corrected chi connectivity index (χ3v) is 7.90. The second kappa shape index (κ2) is 15.5. The molecular formula is C33H46N6O3. The summed E-state index contributed by atoms with van der Waals surface area (Å²) in [5, 5.41) is 9.50. The van der Waals surface area contributed by atoms with E-state index in [1.54, 1.807) is 4.57 Å². The van der Waals surface area contributed by atoms with E-state index < -0.39 is 0 Å². The Bertz CT molecular complexity index is 1540. The molecule has 9 nitrogen and oxygen atoms in total. The molecule has 0 aliphatic heterocycles. The molecule has 0 amide bonds. The molecular weight excluding hydrogens is 528 g/mol. The number of fused-ring (bicyclic) bond motifs is 1. The maximum Gasteiger partial charge on any atom is 0.332 e. The summed E-state index contributed by atoms with van der Waals surface area (Å²) >= 11 is 0. The van der Waals surface area contributed by atoms with Gasteiger partial charge in [0.05, 0.1) is 6.61 Å². The van der Waals surface area contributed by atoms with Crippen molar-refractivity contribution in [2.75, 3.05) is 32.0 Å². The number of aromatic nitrogens is 4. The SMILES string of the molecule is CCCn1c(=O)c2c(nc(Cc3ccccc3)n2CCN(CC)CCO)n(CCCCCCc2cccc(N)c2)c1=O. The first-order valence-electron chi connectivity index (χ1n) is 15.4. The van der Waals surface area contributed by atoms with Crippen LogP contribution in [-0.4, -0.2) is 54.9 Å². The molecule has 0 fully saturated rings. The quantitative estimate of drug-likeness (QED) is 0.145. The summed E-state index contributed by atoms with van der Waals surface area (Å²) in [5.74, 6) is 0.776. The van der Waals surface area contributed by atoms with Gasteiger partial charge in [0.25, 0.3) is 5.56 Å². The first-order chi connectivity index (χ1) is 20.5. The summed E-state index contributed by atoms with van der Waals surface area (Å²) in [7, 11) is 0. The Morgan fingerprint density at radius 2 is 1.60 bits per heavy atom. The lowest BCUT2D eigenvalue weighted by Crippen LogP contribution is -2.41. The molecule has 0 saturated heterocycles. The number of likely N-dealkylation sites (N-methyl/N-ethyl adjacent to an activating group) is 1. The summed E-state index contributed by atoms with van der Waals surface area (Å²) in [6.45, 7) is 7.60. The third-order valence-electron chi connectivity index (χ3n) is 7.90. The Kier molecular flexibility index (Phi) is 11.5. The molecule has 0 saturated carbocycles. The van der Waals surface area contributed by atoms with Crippen LogP contribution in [0.3, 0.4) is 0 Å². The van der Waals surface area contributed by atoms with Crippen molar-refractivity contribution in [2.24, 2.45) is 0 Å². The topological polar surface area (TPSA) is 111 Å². The van der Waals surface area contributed by atoms with Gasteiger partial charge >= 0.3 is 5.69 Å². The fourth-order valence-corrected chi connectivity index (χ4v) is 5.62. The minimum absolute atomic E-state index is 0.0810. The molecule has 0 atom stereocenters. The number of aliphatic hydroxyl groups is 1. The normalized spacial score (nSPS) is 11.6. The smallest absolute Gasteiger partial charge is 0.332 e. The van der Waals surface area contributed by atoms with Gasteiger partial charge in [0.2, 0.25) is 0 Å². The van der Waals surface area contributed by atoms with E-state index in [0.717, 1.165) is 55.7 Å². The van der Waals surface area contributed by atoms with Crippen LogP contribution in [0, 0.1) is 0 Å². The Balaban J connectivity index is 1.63. The molecule has 4 aromatic rings. The van der Waals surface area contributed by atoms with E-state index in [-0.39, 0.29) is 17.9 Å². The Labute approximate surface area is 248 Å². The van der Waals surface area contributed by atoms with Gasteiger partial charge in [0, 0.05) is 44.8 Å². The van der Waals surface area contributed by atoms with Gasteiger partial charge in [-0.1, -0.05) is 69.2 Å². The fourth-order valence-electron chi connectivity index (χ4n) is 5.62. The highest BCUT2D eigenvalue weighted by molar-refractivity contribution is 5.71. The fraction of sp³-hybridized carbons (Fsp3) is 0.485. The van der Waals surface area contributed by atoms with Crippen LogP contribution >= 0.6 is 0 Å². The molecule has 0 aliphatic rings. The van der Waals surface area contributed by atoms with Gasteiger partial charge in [-0.05, 0) is 55.5 Å². The molecule has 2 heterocycles. The van der Waals surface area contributed by atoms with Crippen LogP contribution in [0.25, 0.3) is 11.2 Å². The molecule has 4 rings (SSSR count). The van der Waals surface area contributed by atoms with Gasteiger partial charge in [0.15, 0.2) is 11.2 Å². The number of unbranched alkanes of at least 4 members (excludes halogenated alkanes) is 3. The highest BCUT2D eigenvalue weighted by Crippen LogP contribution is 2.18. The molecule has 0 unspecified atom stereocenters. The van der Waals surface area contributed by atoms with E-state index >= 15 is 0 Å². The summed E-state index contributed by atoms with van der Waals surface area (Å²) in [6.07, 6.45) is 6.15. The number of aryl methyl sites for hydroxylation is 2. The lowest BCUT2D eigenvalue weighted by Gasteiger charge is -2.20. The molecule has 9 heteroatoms. The molecule has 42 heavy (non-hydrogen) atoms. The summed E-state index contributed by atoms with van der Waals surface area (Å²) < 4.78 is 5.12. The Morgan fingerprint density at radius 3 is 2.31 bits per heavy atom. The number of rotatable bonds is 17. The lowest BCUT2D eigenvalue weighted by molar-refractivity contribution is 0.197. The number of nitrogens with zero attached hydrogens (tertiary/aromatic N) is 5. The monoisotopic (exact) mass is 574 g/mol. The van der Waals surface area contributed by atoms with Gasteiger partial charge in [-0.15, -0.1) is 0 Å². The first-order valence-corrected chi connectivity index (χ1v) is 15.4. The van der Waals surface area contributed by atoms with Crippen molar-refractivity contribution in [3.8, 4) is 0 Å². The molecule has 2 aromatic heterocycles. The Hall–Kier alpha value is -3.69. The van der Waals surface area contributed by atoms with Gasteiger partial charge < -0.3 is 15.4 Å². The lowest BCUT2D eigenvalue weighted by atomic mass is 10.1. The molecule has 3 N–H and O–H groups in total. The van der Waals surface area contributed by atoms with Crippen molar-refractivity contribution in [2.45, 2.75) is 78.4 Å². The maximum atomic E-state index is 13.8. The largest absolute Gasteiger partial charge is 0.399 e. The second-order valence-electron chi connectivity index (χ2n) is 11.0. The van der Waals surface area contributed by atoms with E-state index in [1.165, 1.54) is 10.1 Å². The van der Waals surface area contributed by atoms with Crippen LogP contribution in [-0.2, 0) is 32.5 Å². The predicted octanol–water partition coefficient (Wildman–Crippen LogP) is 4.06. The zero-order valence-corrected chi connectivity index (χ0v) is 25.2. The standard InChI is InChI=1S/C33H46N6O3/c1-3-18-39-32(41)30-31(38(33(39)42)19-11-6-5-8-13-26-16-12-17-28(34)24-26)35-29(25-27-14-9-7-10-15-27)37(30)21-20-36(4-2)22-23-40/h7,9-10,12,14-17,24,40H,3-6,8,11,13,18-23,25,34H2,1-2H3. The summed E-state index contributed by atoms with van der Waals surface area (Å²) in [5.41, 5.74) is 9.47. The number of nitrogen functional groups attached to an aromatic ring is 1. The van der Waals surface area contributed by atoms with Crippen molar-refractivity contribution in [3.63, 3.8) is 0 Å². The number of aliphatic hydroxyl groups excluding tert-OH is 1. The number of hydrogen-bond donors (Lipinski definition) is 2. The van der Waals surface area contributed by atoms with E-state index in [0.29, 0.717) is 56.7 Å². The average Bonchev–Trinajstić information content (AvgIpc) is 3.34. The molecule has 0 radical (unpaired) electrons. The highest BCUT2D eigenvalue weighted by Gasteiger charge is 2.22. The van der Waals surface area contributed by atoms with E-state index in [1.807, 2.05) is 47.9 Å². The van der Waals surface area contributed by atoms with Gasteiger partial charge in [0.1, 0.15) is 5.82 Å². The molecule has 2 aromatic carbocycles. The van der Waals surface area contributed by atoms with Crippen LogP contribution < -0.4 is 17.0 Å². The second-order valence-corrected chi connectivity index (χ2v) is 11.0. The summed E-state index contributed by atoms with van der Waals surface area (Å²) in [4.78, 5) is 34.6. The van der Waals surface area contributed by atoms with Crippen molar-refractivity contribution in [1.82, 2.24) is 23.6 Å². The van der Waals surface area contributed by atoms with Crippen LogP contribution in [0.15, 0.2) is 64.2 Å². The van der Waals surface area contributed by atoms with Crippen LogP contribution in [0.4, 0.5) is 5.69 Å². The number of hydrogen-bond acceptors (Lipinski definition) is 6. The van der Waals surface area contributed by atoms with Gasteiger partial charge in [-0.3, -0.25) is 18.8 Å². The highest BCUT2D eigenvalue weighted by atomic mass is 16.3. The average molecular weight is 575 g/mol. The van der Waals surface area contributed by atoms with Crippen LogP contribution in [0.1, 0.15) is 62.9 Å². The molecule has 226 valence electrons. The number of anilines is 1.